The number of ether oxygens (including phenoxy) is 1. The Morgan fingerprint density at radius 1 is 1.06 bits per heavy atom. The van der Waals surface area contributed by atoms with Crippen molar-refractivity contribution < 1.29 is 4.74 Å². The Labute approximate surface area is 108 Å². The topological polar surface area (TPSA) is 35.2 Å². The summed E-state index contributed by atoms with van der Waals surface area (Å²) in [4.78, 5) is 0. The lowest BCUT2D eigenvalue weighted by Crippen LogP contribution is -2.04. The van der Waals surface area contributed by atoms with E-state index in [4.69, 9.17) is 10.5 Å². The number of hydrogen-bond acceptors (Lipinski definition) is 2. The molecule has 0 unspecified atom stereocenters. The van der Waals surface area contributed by atoms with E-state index in [9.17, 15) is 0 Å². The van der Waals surface area contributed by atoms with Gasteiger partial charge in [-0.1, -0.05) is 30.3 Å². The van der Waals surface area contributed by atoms with Crippen LogP contribution in [0, 0.1) is 0 Å². The van der Waals surface area contributed by atoms with E-state index in [-0.39, 0.29) is 6.04 Å². The maximum absolute atomic E-state index is 5.91. The molecule has 0 aromatic heterocycles. The predicted octanol–water partition coefficient (Wildman–Crippen LogP) is 3.77. The molecule has 2 rings (SSSR count). The van der Waals surface area contributed by atoms with Crippen LogP contribution in [0.3, 0.4) is 0 Å². The minimum Gasteiger partial charge on any atom is -0.494 e. The average molecular weight is 241 g/mol. The zero-order valence-electron chi connectivity index (χ0n) is 10.9. The number of hydrogen-bond donors (Lipinski definition) is 1. The smallest absolute Gasteiger partial charge is 0.119 e. The molecule has 0 bridgehead atoms. The van der Waals surface area contributed by atoms with Crippen LogP contribution >= 0.6 is 0 Å². The molecule has 0 heterocycles. The molecule has 0 aliphatic carbocycles. The third-order valence-corrected chi connectivity index (χ3v) is 2.89. The summed E-state index contributed by atoms with van der Waals surface area (Å²) in [5.41, 5.74) is 9.39. The first-order chi connectivity index (χ1) is 8.70. The quantitative estimate of drug-likeness (QED) is 0.884. The van der Waals surface area contributed by atoms with Crippen molar-refractivity contribution in [3.8, 4) is 16.9 Å². The highest BCUT2D eigenvalue weighted by Crippen LogP contribution is 2.25. The van der Waals surface area contributed by atoms with Gasteiger partial charge in [-0.3, -0.25) is 0 Å². The van der Waals surface area contributed by atoms with Crippen molar-refractivity contribution in [1.82, 2.24) is 0 Å². The van der Waals surface area contributed by atoms with E-state index in [2.05, 4.69) is 30.3 Å². The molecule has 0 spiro atoms. The van der Waals surface area contributed by atoms with Crippen LogP contribution in [0.4, 0.5) is 0 Å². The first kappa shape index (κ1) is 12.7. The molecule has 1 atom stereocenters. The normalized spacial score (nSPS) is 12.2. The van der Waals surface area contributed by atoms with Crippen LogP contribution in [0.25, 0.3) is 11.1 Å². The lowest BCUT2D eigenvalue weighted by Gasteiger charge is -2.10. The van der Waals surface area contributed by atoms with E-state index in [1.165, 1.54) is 5.56 Å². The maximum atomic E-state index is 5.91. The van der Waals surface area contributed by atoms with E-state index < -0.39 is 0 Å². The molecule has 2 heteroatoms. The molecule has 0 aliphatic heterocycles. The predicted molar refractivity (Wildman–Crippen MR) is 75.6 cm³/mol. The largest absolute Gasteiger partial charge is 0.494 e. The fourth-order valence-corrected chi connectivity index (χ4v) is 1.93. The molecule has 0 fully saturated rings. The van der Waals surface area contributed by atoms with Gasteiger partial charge >= 0.3 is 0 Å². The first-order valence-electron chi connectivity index (χ1n) is 6.29. The van der Waals surface area contributed by atoms with Crippen molar-refractivity contribution in [2.24, 2.45) is 5.73 Å². The molecule has 2 N–H and O–H groups in total. The molecular weight excluding hydrogens is 222 g/mol. The van der Waals surface area contributed by atoms with Gasteiger partial charge in [0.15, 0.2) is 0 Å². The van der Waals surface area contributed by atoms with Gasteiger partial charge in [-0.05, 0) is 48.7 Å². The third kappa shape index (κ3) is 2.90. The first-order valence-corrected chi connectivity index (χ1v) is 6.29. The number of rotatable bonds is 4. The standard InChI is InChI=1S/C16H19NO/c1-3-18-16-9-5-8-15(11-16)14-7-4-6-13(10-14)12(2)17/h4-12H,3,17H2,1-2H3/t12-/m1/s1. The molecule has 94 valence electrons. The highest BCUT2D eigenvalue weighted by atomic mass is 16.5. The van der Waals surface area contributed by atoms with E-state index in [1.54, 1.807) is 0 Å². The average Bonchev–Trinajstić information content (AvgIpc) is 2.39. The van der Waals surface area contributed by atoms with Crippen LogP contribution in [-0.2, 0) is 0 Å². The SMILES string of the molecule is CCOc1cccc(-c2cccc([C@@H](C)N)c2)c1. The molecule has 2 aromatic carbocycles. The lowest BCUT2D eigenvalue weighted by molar-refractivity contribution is 0.340. The van der Waals surface area contributed by atoms with Gasteiger partial charge < -0.3 is 10.5 Å². The minimum absolute atomic E-state index is 0.0556. The van der Waals surface area contributed by atoms with Crippen molar-refractivity contribution in [3.63, 3.8) is 0 Å². The van der Waals surface area contributed by atoms with Crippen LogP contribution in [0.2, 0.25) is 0 Å². The molecule has 0 saturated heterocycles. The van der Waals surface area contributed by atoms with Gasteiger partial charge in [0.05, 0.1) is 6.61 Å². The van der Waals surface area contributed by atoms with Gasteiger partial charge in [0.2, 0.25) is 0 Å². The monoisotopic (exact) mass is 241 g/mol. The number of nitrogens with two attached hydrogens (primary N) is 1. The highest BCUT2D eigenvalue weighted by molar-refractivity contribution is 5.65. The number of benzene rings is 2. The van der Waals surface area contributed by atoms with E-state index in [0.717, 1.165) is 16.9 Å². The molecule has 0 amide bonds. The highest BCUT2D eigenvalue weighted by Gasteiger charge is 2.03. The van der Waals surface area contributed by atoms with Crippen LogP contribution in [0.5, 0.6) is 5.75 Å². The summed E-state index contributed by atoms with van der Waals surface area (Å²) in [6.07, 6.45) is 0. The minimum atomic E-state index is 0.0556. The van der Waals surface area contributed by atoms with Gasteiger partial charge in [0.1, 0.15) is 5.75 Å². The van der Waals surface area contributed by atoms with Crippen molar-refractivity contribution in [2.45, 2.75) is 19.9 Å². The Hall–Kier alpha value is -1.80. The molecule has 0 aliphatic rings. The van der Waals surface area contributed by atoms with Gasteiger partial charge in [-0.15, -0.1) is 0 Å². The molecular formula is C16H19NO. The molecule has 0 radical (unpaired) electrons. The van der Waals surface area contributed by atoms with Gasteiger partial charge in [0.25, 0.3) is 0 Å². The Balaban J connectivity index is 2.35. The zero-order valence-corrected chi connectivity index (χ0v) is 10.9. The van der Waals surface area contributed by atoms with Gasteiger partial charge in [0, 0.05) is 6.04 Å². The maximum Gasteiger partial charge on any atom is 0.119 e. The van der Waals surface area contributed by atoms with Crippen molar-refractivity contribution in [2.75, 3.05) is 6.61 Å². The Kier molecular flexibility index (Phi) is 4.00. The van der Waals surface area contributed by atoms with Crippen LogP contribution < -0.4 is 10.5 Å². The Morgan fingerprint density at radius 2 is 1.72 bits per heavy atom. The molecule has 18 heavy (non-hydrogen) atoms. The zero-order chi connectivity index (χ0) is 13.0. The summed E-state index contributed by atoms with van der Waals surface area (Å²) < 4.78 is 5.52. The molecule has 2 aromatic rings. The van der Waals surface area contributed by atoms with E-state index in [1.807, 2.05) is 32.0 Å². The summed E-state index contributed by atoms with van der Waals surface area (Å²) in [6.45, 7) is 4.67. The Bertz CT molecular complexity index is 520. The van der Waals surface area contributed by atoms with Crippen LogP contribution in [-0.4, -0.2) is 6.61 Å². The van der Waals surface area contributed by atoms with Crippen molar-refractivity contribution in [1.29, 1.82) is 0 Å². The van der Waals surface area contributed by atoms with E-state index in [0.29, 0.717) is 6.61 Å². The van der Waals surface area contributed by atoms with Crippen molar-refractivity contribution in [3.05, 3.63) is 54.1 Å². The summed E-state index contributed by atoms with van der Waals surface area (Å²) in [7, 11) is 0. The third-order valence-electron chi connectivity index (χ3n) is 2.89. The summed E-state index contributed by atoms with van der Waals surface area (Å²) in [5.74, 6) is 0.904. The lowest BCUT2D eigenvalue weighted by atomic mass is 10.0. The van der Waals surface area contributed by atoms with Crippen LogP contribution in [0.1, 0.15) is 25.5 Å². The van der Waals surface area contributed by atoms with Crippen molar-refractivity contribution >= 4 is 0 Å². The molecule has 2 nitrogen and oxygen atoms in total. The molecule has 0 saturated carbocycles. The second-order valence-electron chi connectivity index (χ2n) is 4.37. The summed E-state index contributed by atoms with van der Waals surface area (Å²) in [5, 5.41) is 0. The van der Waals surface area contributed by atoms with Gasteiger partial charge in [-0.2, -0.15) is 0 Å². The van der Waals surface area contributed by atoms with Gasteiger partial charge in [-0.25, -0.2) is 0 Å². The fraction of sp³-hybridized carbons (Fsp3) is 0.250. The second-order valence-corrected chi connectivity index (χ2v) is 4.37. The van der Waals surface area contributed by atoms with E-state index >= 15 is 0 Å². The summed E-state index contributed by atoms with van der Waals surface area (Å²) >= 11 is 0. The fourth-order valence-electron chi connectivity index (χ4n) is 1.93. The Morgan fingerprint density at radius 3 is 2.39 bits per heavy atom. The second kappa shape index (κ2) is 5.69. The summed E-state index contributed by atoms with van der Waals surface area (Å²) in [6, 6.07) is 16.5. The van der Waals surface area contributed by atoms with Crippen LogP contribution in [0.15, 0.2) is 48.5 Å².